The van der Waals surface area contributed by atoms with E-state index in [2.05, 4.69) is 10.0 Å². The van der Waals surface area contributed by atoms with Crippen LogP contribution in [-0.4, -0.2) is 44.8 Å². The van der Waals surface area contributed by atoms with Crippen LogP contribution in [0.15, 0.2) is 41.3 Å². The lowest BCUT2D eigenvalue weighted by atomic mass is 10.2. The van der Waals surface area contributed by atoms with Crippen LogP contribution in [-0.2, 0) is 10.0 Å². The van der Waals surface area contributed by atoms with E-state index in [9.17, 15) is 18.5 Å². The van der Waals surface area contributed by atoms with E-state index in [0.29, 0.717) is 24.7 Å². The molecule has 0 aliphatic rings. The molecule has 0 heterocycles. The summed E-state index contributed by atoms with van der Waals surface area (Å²) in [5.74, 6) is 0.684. The molecular weight excluding hydrogens is 402 g/mol. The molecule has 2 aromatic rings. The summed E-state index contributed by atoms with van der Waals surface area (Å²) in [5, 5.41) is 22.9. The van der Waals surface area contributed by atoms with Crippen LogP contribution in [0.5, 0.6) is 11.5 Å². The van der Waals surface area contributed by atoms with Crippen molar-refractivity contribution in [2.75, 3.05) is 36.4 Å². The maximum Gasteiger partial charge on any atom is 0.271 e. The van der Waals surface area contributed by atoms with E-state index in [1.807, 2.05) is 0 Å². The molecule has 10 nitrogen and oxygen atoms in total. The Bertz CT molecular complexity index is 964. The number of rotatable bonds is 11. The summed E-state index contributed by atoms with van der Waals surface area (Å²) in [6, 6.07) is 7.89. The summed E-state index contributed by atoms with van der Waals surface area (Å²) in [6.45, 7) is 4.21. The summed E-state index contributed by atoms with van der Waals surface area (Å²) in [7, 11) is -4.09. The smallest absolute Gasteiger partial charge is 0.271 e. The van der Waals surface area contributed by atoms with Gasteiger partial charge in [-0.3, -0.25) is 14.8 Å². The average molecular weight is 425 g/mol. The number of nitrogens with zero attached hydrogens (tertiary/aromatic N) is 1. The molecule has 0 bridgehead atoms. The highest BCUT2D eigenvalue weighted by Gasteiger charge is 2.21. The number of non-ortho nitro benzene ring substituents is 1. The van der Waals surface area contributed by atoms with Crippen molar-refractivity contribution in [3.8, 4) is 11.5 Å². The van der Waals surface area contributed by atoms with Crippen molar-refractivity contribution in [3.63, 3.8) is 0 Å². The summed E-state index contributed by atoms with van der Waals surface area (Å²) in [6.07, 6.45) is 0. The number of sulfonamides is 1. The number of nitro benzene ring substituents is 1. The van der Waals surface area contributed by atoms with Gasteiger partial charge in [-0.2, -0.15) is 0 Å². The number of nitrogens with one attached hydrogen (secondary N) is 2. The molecule has 0 aliphatic carbocycles. The first-order valence-corrected chi connectivity index (χ1v) is 10.4. The van der Waals surface area contributed by atoms with Crippen molar-refractivity contribution < 1.29 is 27.9 Å². The van der Waals surface area contributed by atoms with Gasteiger partial charge in [-0.1, -0.05) is 0 Å². The number of aliphatic hydroxyl groups is 1. The third kappa shape index (κ3) is 5.72. The molecule has 0 unspecified atom stereocenters. The predicted molar refractivity (Wildman–Crippen MR) is 108 cm³/mol. The Morgan fingerprint density at radius 3 is 2.34 bits per heavy atom. The van der Waals surface area contributed by atoms with Crippen molar-refractivity contribution >= 4 is 27.1 Å². The molecule has 0 saturated carbocycles. The molecule has 3 N–H and O–H groups in total. The Morgan fingerprint density at radius 1 is 1.03 bits per heavy atom. The molecule has 0 aliphatic heterocycles. The SMILES string of the molecule is CCOc1ccc(S(=O)(=O)Nc2cc([N+](=O)[O-])ccc2NCCO)cc1OCC. The highest BCUT2D eigenvalue weighted by Crippen LogP contribution is 2.33. The van der Waals surface area contributed by atoms with Gasteiger partial charge in [0.05, 0.1) is 41.0 Å². The molecule has 29 heavy (non-hydrogen) atoms. The largest absolute Gasteiger partial charge is 0.490 e. The van der Waals surface area contributed by atoms with Crippen molar-refractivity contribution in [2.24, 2.45) is 0 Å². The summed E-state index contributed by atoms with van der Waals surface area (Å²) < 4.78 is 39.0. The van der Waals surface area contributed by atoms with E-state index in [1.54, 1.807) is 13.8 Å². The molecule has 0 amide bonds. The lowest BCUT2D eigenvalue weighted by molar-refractivity contribution is -0.384. The Balaban J connectivity index is 2.43. The zero-order valence-corrected chi connectivity index (χ0v) is 16.9. The van der Waals surface area contributed by atoms with Gasteiger partial charge in [0, 0.05) is 24.7 Å². The normalized spacial score (nSPS) is 11.0. The van der Waals surface area contributed by atoms with Gasteiger partial charge in [-0.05, 0) is 32.0 Å². The van der Waals surface area contributed by atoms with Crippen LogP contribution in [0.4, 0.5) is 17.1 Å². The van der Waals surface area contributed by atoms with Crippen LogP contribution in [0.25, 0.3) is 0 Å². The van der Waals surface area contributed by atoms with E-state index >= 15 is 0 Å². The average Bonchev–Trinajstić information content (AvgIpc) is 2.68. The van der Waals surface area contributed by atoms with Gasteiger partial charge >= 0.3 is 0 Å². The Hall–Kier alpha value is -3.05. The van der Waals surface area contributed by atoms with E-state index < -0.39 is 14.9 Å². The Morgan fingerprint density at radius 2 is 1.72 bits per heavy atom. The first-order chi connectivity index (χ1) is 13.8. The highest BCUT2D eigenvalue weighted by atomic mass is 32.2. The van der Waals surface area contributed by atoms with E-state index in [4.69, 9.17) is 14.6 Å². The molecular formula is C18H23N3O7S. The Kier molecular flexibility index (Phi) is 7.62. The van der Waals surface area contributed by atoms with Crippen LogP contribution in [0.3, 0.4) is 0 Å². The van der Waals surface area contributed by atoms with Crippen molar-refractivity contribution in [1.82, 2.24) is 0 Å². The molecule has 11 heteroatoms. The minimum atomic E-state index is -4.09. The third-order valence-electron chi connectivity index (χ3n) is 3.71. The van der Waals surface area contributed by atoms with Gasteiger partial charge in [0.2, 0.25) is 0 Å². The van der Waals surface area contributed by atoms with Crippen LogP contribution < -0.4 is 19.5 Å². The van der Waals surface area contributed by atoms with E-state index in [1.165, 1.54) is 30.3 Å². The molecule has 0 radical (unpaired) electrons. The third-order valence-corrected chi connectivity index (χ3v) is 5.07. The topological polar surface area (TPSA) is 140 Å². The number of hydrogen-bond donors (Lipinski definition) is 3. The van der Waals surface area contributed by atoms with Crippen molar-refractivity contribution in [1.29, 1.82) is 0 Å². The second kappa shape index (κ2) is 9.94. The minimum Gasteiger partial charge on any atom is -0.490 e. The fraction of sp³-hybridized carbons (Fsp3) is 0.333. The van der Waals surface area contributed by atoms with Crippen molar-refractivity contribution in [3.05, 3.63) is 46.5 Å². The lowest BCUT2D eigenvalue weighted by Crippen LogP contribution is -2.16. The summed E-state index contributed by atoms with van der Waals surface area (Å²) in [4.78, 5) is 10.3. The second-order valence-corrected chi connectivity index (χ2v) is 7.40. The number of aliphatic hydroxyl groups excluding tert-OH is 1. The van der Waals surface area contributed by atoms with Gasteiger partial charge < -0.3 is 19.9 Å². The quantitative estimate of drug-likeness (QED) is 0.369. The number of nitro groups is 1. The number of ether oxygens (including phenoxy) is 2. The molecule has 0 saturated heterocycles. The van der Waals surface area contributed by atoms with Crippen LogP contribution >= 0.6 is 0 Å². The Labute approximate surface area is 168 Å². The van der Waals surface area contributed by atoms with Gasteiger partial charge in [0.1, 0.15) is 0 Å². The molecule has 0 fully saturated rings. The van der Waals surface area contributed by atoms with Crippen LogP contribution in [0.1, 0.15) is 13.8 Å². The van der Waals surface area contributed by atoms with E-state index in [0.717, 1.165) is 6.07 Å². The maximum absolute atomic E-state index is 12.9. The standard InChI is InChI=1S/C18H23N3O7S/c1-3-27-17-8-6-14(12-18(17)28-4-2)29(25,26)20-16-11-13(21(23)24)5-7-15(16)19-9-10-22/h5-8,11-12,19-20,22H,3-4,9-10H2,1-2H3. The lowest BCUT2D eigenvalue weighted by Gasteiger charge is -2.15. The van der Waals surface area contributed by atoms with Crippen LogP contribution in [0.2, 0.25) is 0 Å². The zero-order valence-electron chi connectivity index (χ0n) is 16.0. The van der Waals surface area contributed by atoms with Gasteiger partial charge in [0.15, 0.2) is 11.5 Å². The fourth-order valence-electron chi connectivity index (χ4n) is 2.48. The fourth-order valence-corrected chi connectivity index (χ4v) is 3.56. The monoisotopic (exact) mass is 425 g/mol. The minimum absolute atomic E-state index is 0.0144. The predicted octanol–water partition coefficient (Wildman–Crippen LogP) is 2.60. The summed E-state index contributed by atoms with van der Waals surface area (Å²) in [5.41, 5.74) is 0.00244. The van der Waals surface area contributed by atoms with Crippen LogP contribution in [0, 0.1) is 10.1 Å². The first kappa shape index (κ1) is 22.2. The maximum atomic E-state index is 12.9. The van der Waals surface area contributed by atoms with Gasteiger partial charge in [-0.15, -0.1) is 0 Å². The zero-order chi connectivity index (χ0) is 21.4. The van der Waals surface area contributed by atoms with Gasteiger partial charge in [-0.25, -0.2) is 8.42 Å². The number of benzene rings is 2. The molecule has 0 aromatic heterocycles. The van der Waals surface area contributed by atoms with Crippen molar-refractivity contribution in [2.45, 2.75) is 18.7 Å². The number of hydrogen-bond acceptors (Lipinski definition) is 8. The first-order valence-electron chi connectivity index (χ1n) is 8.88. The second-order valence-electron chi connectivity index (χ2n) is 5.72. The molecule has 158 valence electrons. The summed E-state index contributed by atoms with van der Waals surface area (Å²) >= 11 is 0. The molecule has 0 atom stereocenters. The molecule has 2 rings (SSSR count). The molecule has 2 aromatic carbocycles. The molecule has 0 spiro atoms. The van der Waals surface area contributed by atoms with Gasteiger partial charge in [0.25, 0.3) is 15.7 Å². The highest BCUT2D eigenvalue weighted by molar-refractivity contribution is 7.92. The van der Waals surface area contributed by atoms with E-state index in [-0.39, 0.29) is 35.2 Å². The number of anilines is 2.